The van der Waals surface area contributed by atoms with Crippen LogP contribution in [-0.2, 0) is 4.57 Å². The first-order chi connectivity index (χ1) is 12.0. The molecular weight excluding hydrogens is 335 g/mol. The van der Waals surface area contributed by atoms with E-state index in [0.29, 0.717) is 18.3 Å². The molecule has 0 aliphatic heterocycles. The Kier molecular flexibility index (Phi) is 8.48. The van der Waals surface area contributed by atoms with E-state index in [0.717, 1.165) is 38.0 Å². The number of hydrogen-bond donors (Lipinski definition) is 2. The monoisotopic (exact) mass is 368 g/mol. The standard InChI is InChI=1S/C20H33O4P/c1-2-3-4-5-6-14-24-20-11-9-18(10-12-20)19-8-7-17(16-19)13-15-25(21,22)23/h9-12,17,19H,2-8,13-16H2,1H3,(H2,21,22,23)/t17-,19-/m1/s1. The summed E-state index contributed by atoms with van der Waals surface area (Å²) in [6.07, 6.45) is 10.1. The third-order valence-corrected chi connectivity index (χ3v) is 6.08. The molecule has 0 amide bonds. The van der Waals surface area contributed by atoms with Gasteiger partial charge in [-0.15, -0.1) is 0 Å². The molecule has 1 aromatic carbocycles. The van der Waals surface area contributed by atoms with Gasteiger partial charge in [0.1, 0.15) is 5.75 Å². The van der Waals surface area contributed by atoms with Crippen molar-refractivity contribution in [1.82, 2.24) is 0 Å². The zero-order valence-electron chi connectivity index (χ0n) is 15.4. The van der Waals surface area contributed by atoms with Gasteiger partial charge >= 0.3 is 7.60 Å². The van der Waals surface area contributed by atoms with Gasteiger partial charge in [0.25, 0.3) is 0 Å². The zero-order chi connectivity index (χ0) is 18.1. The molecule has 1 fully saturated rings. The molecule has 0 aromatic heterocycles. The Morgan fingerprint density at radius 2 is 1.80 bits per heavy atom. The average Bonchev–Trinajstić information content (AvgIpc) is 3.05. The number of unbranched alkanes of at least 4 members (excludes halogenated alkanes) is 4. The Bertz CT molecular complexity index is 537. The molecule has 0 saturated heterocycles. The highest BCUT2D eigenvalue weighted by molar-refractivity contribution is 7.51. The lowest BCUT2D eigenvalue weighted by molar-refractivity contribution is 0.304. The van der Waals surface area contributed by atoms with Gasteiger partial charge in [-0.25, -0.2) is 0 Å². The molecule has 2 N–H and O–H groups in total. The summed E-state index contributed by atoms with van der Waals surface area (Å²) in [5.41, 5.74) is 1.33. The van der Waals surface area contributed by atoms with Gasteiger partial charge in [-0.1, -0.05) is 44.7 Å². The molecule has 0 spiro atoms. The molecular formula is C20H33O4P. The van der Waals surface area contributed by atoms with Gasteiger partial charge < -0.3 is 14.5 Å². The molecule has 142 valence electrons. The fourth-order valence-corrected chi connectivity index (χ4v) is 4.42. The summed E-state index contributed by atoms with van der Waals surface area (Å²) in [5.74, 6) is 1.90. The quantitative estimate of drug-likeness (QED) is 0.400. The van der Waals surface area contributed by atoms with Gasteiger partial charge in [-0.05, 0) is 61.6 Å². The second kappa shape index (κ2) is 10.4. The van der Waals surface area contributed by atoms with Crippen LogP contribution in [0.4, 0.5) is 0 Å². The Morgan fingerprint density at radius 3 is 2.48 bits per heavy atom. The van der Waals surface area contributed by atoms with Crippen molar-refractivity contribution >= 4 is 7.60 Å². The van der Waals surface area contributed by atoms with Crippen molar-refractivity contribution in [2.24, 2.45) is 5.92 Å². The minimum absolute atomic E-state index is 0.0232. The SMILES string of the molecule is CCCCCCCOc1ccc([C@@H]2CC[C@H](CCP(=O)(O)O)C2)cc1. The first kappa shape index (κ1) is 20.5. The number of benzene rings is 1. The Labute approximate surface area is 152 Å². The van der Waals surface area contributed by atoms with E-state index in [-0.39, 0.29) is 6.16 Å². The fraction of sp³-hybridized carbons (Fsp3) is 0.700. The van der Waals surface area contributed by atoms with Crippen molar-refractivity contribution in [2.45, 2.75) is 70.6 Å². The van der Waals surface area contributed by atoms with E-state index in [9.17, 15) is 4.57 Å². The van der Waals surface area contributed by atoms with E-state index >= 15 is 0 Å². The predicted octanol–water partition coefficient (Wildman–Crippen LogP) is 5.49. The van der Waals surface area contributed by atoms with E-state index < -0.39 is 7.60 Å². The molecule has 0 radical (unpaired) electrons. The maximum Gasteiger partial charge on any atom is 0.325 e. The zero-order valence-corrected chi connectivity index (χ0v) is 16.3. The average molecular weight is 368 g/mol. The largest absolute Gasteiger partial charge is 0.494 e. The molecule has 1 saturated carbocycles. The second-order valence-corrected chi connectivity index (χ2v) is 9.16. The first-order valence-corrected chi connectivity index (χ1v) is 11.5. The number of ether oxygens (including phenoxy) is 1. The van der Waals surface area contributed by atoms with Crippen LogP contribution in [0, 0.1) is 5.92 Å². The van der Waals surface area contributed by atoms with E-state index in [1.165, 1.54) is 31.2 Å². The molecule has 4 nitrogen and oxygen atoms in total. The summed E-state index contributed by atoms with van der Waals surface area (Å²) < 4.78 is 16.8. The molecule has 5 heteroatoms. The summed E-state index contributed by atoms with van der Waals surface area (Å²) in [4.78, 5) is 18.0. The van der Waals surface area contributed by atoms with Crippen LogP contribution in [0.1, 0.15) is 76.2 Å². The van der Waals surface area contributed by atoms with Gasteiger partial charge in [0.15, 0.2) is 0 Å². The lowest BCUT2D eigenvalue weighted by Gasteiger charge is -2.13. The topological polar surface area (TPSA) is 66.8 Å². The highest BCUT2D eigenvalue weighted by Gasteiger charge is 2.27. The first-order valence-electron chi connectivity index (χ1n) is 9.75. The van der Waals surface area contributed by atoms with Crippen LogP contribution in [0.2, 0.25) is 0 Å². The van der Waals surface area contributed by atoms with Crippen LogP contribution in [-0.4, -0.2) is 22.6 Å². The van der Waals surface area contributed by atoms with Crippen LogP contribution in [0.25, 0.3) is 0 Å². The van der Waals surface area contributed by atoms with Gasteiger partial charge in [0, 0.05) is 0 Å². The summed E-state index contributed by atoms with van der Waals surface area (Å²) in [6.45, 7) is 3.01. The second-order valence-electron chi connectivity index (χ2n) is 7.38. The van der Waals surface area contributed by atoms with E-state index in [1.807, 2.05) is 0 Å². The highest BCUT2D eigenvalue weighted by atomic mass is 31.2. The van der Waals surface area contributed by atoms with E-state index in [1.54, 1.807) is 0 Å². The molecule has 0 unspecified atom stereocenters. The van der Waals surface area contributed by atoms with Crippen LogP contribution in [0.3, 0.4) is 0 Å². The highest BCUT2D eigenvalue weighted by Crippen LogP contribution is 2.43. The Morgan fingerprint density at radius 1 is 1.08 bits per heavy atom. The maximum absolute atomic E-state index is 11.0. The van der Waals surface area contributed by atoms with Gasteiger partial charge in [-0.3, -0.25) is 4.57 Å². The van der Waals surface area contributed by atoms with Crippen molar-refractivity contribution in [2.75, 3.05) is 12.8 Å². The lowest BCUT2D eigenvalue weighted by atomic mass is 9.95. The summed E-state index contributed by atoms with van der Waals surface area (Å²) in [5, 5.41) is 0. The van der Waals surface area contributed by atoms with Crippen molar-refractivity contribution < 1.29 is 19.1 Å². The van der Waals surface area contributed by atoms with Crippen molar-refractivity contribution in [3.05, 3.63) is 29.8 Å². The van der Waals surface area contributed by atoms with Gasteiger partial charge in [-0.2, -0.15) is 0 Å². The molecule has 0 bridgehead atoms. The van der Waals surface area contributed by atoms with Gasteiger partial charge in [0.05, 0.1) is 12.8 Å². The minimum atomic E-state index is -3.85. The minimum Gasteiger partial charge on any atom is -0.494 e. The van der Waals surface area contributed by atoms with Crippen LogP contribution in [0.5, 0.6) is 5.75 Å². The molecule has 1 aliphatic rings. The Balaban J connectivity index is 1.70. The Hall–Kier alpha value is -0.830. The summed E-state index contributed by atoms with van der Waals surface area (Å²) >= 11 is 0. The van der Waals surface area contributed by atoms with E-state index in [4.69, 9.17) is 14.5 Å². The van der Waals surface area contributed by atoms with Crippen LogP contribution < -0.4 is 4.74 Å². The molecule has 2 atom stereocenters. The number of hydrogen-bond acceptors (Lipinski definition) is 2. The van der Waals surface area contributed by atoms with Crippen molar-refractivity contribution in [3.63, 3.8) is 0 Å². The molecule has 0 heterocycles. The van der Waals surface area contributed by atoms with Gasteiger partial charge in [0.2, 0.25) is 0 Å². The summed E-state index contributed by atoms with van der Waals surface area (Å²) in [7, 11) is -3.85. The van der Waals surface area contributed by atoms with Crippen LogP contribution >= 0.6 is 7.60 Å². The van der Waals surface area contributed by atoms with Crippen molar-refractivity contribution in [1.29, 1.82) is 0 Å². The normalized spacial score (nSPS) is 20.8. The number of rotatable bonds is 11. The molecule has 1 aromatic rings. The molecule has 2 rings (SSSR count). The van der Waals surface area contributed by atoms with Crippen LogP contribution in [0.15, 0.2) is 24.3 Å². The molecule has 1 aliphatic carbocycles. The summed E-state index contributed by atoms with van der Waals surface area (Å²) in [6, 6.07) is 8.43. The van der Waals surface area contributed by atoms with E-state index in [2.05, 4.69) is 31.2 Å². The smallest absolute Gasteiger partial charge is 0.325 e. The fourth-order valence-electron chi connectivity index (χ4n) is 3.72. The third kappa shape index (κ3) is 7.94. The molecule has 25 heavy (non-hydrogen) atoms. The maximum atomic E-state index is 11.0. The lowest BCUT2D eigenvalue weighted by Crippen LogP contribution is -2.00. The predicted molar refractivity (Wildman–Crippen MR) is 102 cm³/mol. The third-order valence-electron chi connectivity index (χ3n) is 5.24. The van der Waals surface area contributed by atoms with Crippen molar-refractivity contribution in [3.8, 4) is 5.75 Å².